The number of hydrogen-bond donors (Lipinski definition) is 1. The number of carbonyl (C=O) groups is 1. The number of aromatic nitrogens is 1. The van der Waals surface area contributed by atoms with E-state index in [1.165, 1.54) is 22.4 Å². The molecular formula is C23H29BrN4O. The number of carbonyl (C=O) groups excluding carboxylic acids is 1. The van der Waals surface area contributed by atoms with Crippen LogP contribution in [-0.2, 0) is 0 Å². The molecule has 1 N–H and O–H groups in total. The normalized spacial score (nSPS) is 18.2. The number of dihydropyridines is 1. The first-order valence-electron chi connectivity index (χ1n) is 9.92. The van der Waals surface area contributed by atoms with Crippen LogP contribution in [0.2, 0.25) is 0 Å². The highest BCUT2D eigenvalue weighted by atomic mass is 79.9. The second-order valence-corrected chi connectivity index (χ2v) is 8.66. The Kier molecular flexibility index (Phi) is 7.09. The Labute approximate surface area is 182 Å². The summed E-state index contributed by atoms with van der Waals surface area (Å²) in [6, 6.07) is 3.82. The average molecular weight is 457 g/mol. The van der Waals surface area contributed by atoms with E-state index in [1.54, 1.807) is 19.0 Å². The summed E-state index contributed by atoms with van der Waals surface area (Å²) in [6.07, 6.45) is 9.52. The maximum Gasteiger partial charge on any atom is 0.271 e. The van der Waals surface area contributed by atoms with Crippen molar-refractivity contribution in [2.24, 2.45) is 0 Å². The van der Waals surface area contributed by atoms with Crippen LogP contribution < -0.4 is 5.32 Å². The molecule has 0 atom stereocenters. The molecule has 1 aromatic heterocycles. The number of pyridine rings is 1. The molecule has 0 radical (unpaired) electrons. The molecule has 0 aliphatic carbocycles. The molecule has 1 amide bonds. The quantitative estimate of drug-likeness (QED) is 0.727. The molecule has 0 aromatic carbocycles. The Balaban J connectivity index is 1.61. The third kappa shape index (κ3) is 5.46. The van der Waals surface area contributed by atoms with E-state index in [-0.39, 0.29) is 5.91 Å². The van der Waals surface area contributed by atoms with Gasteiger partial charge in [-0.25, -0.2) is 0 Å². The van der Waals surface area contributed by atoms with Gasteiger partial charge in [-0.15, -0.1) is 0 Å². The van der Waals surface area contributed by atoms with Crippen molar-refractivity contribution in [3.05, 3.63) is 69.1 Å². The minimum atomic E-state index is -0.0670. The number of nitrogens with one attached hydrogen (secondary N) is 1. The van der Waals surface area contributed by atoms with E-state index in [2.05, 4.69) is 63.2 Å². The lowest BCUT2D eigenvalue weighted by Gasteiger charge is -2.27. The second-order valence-electron chi connectivity index (χ2n) is 7.81. The van der Waals surface area contributed by atoms with E-state index in [1.807, 2.05) is 18.3 Å². The molecule has 0 bridgehead atoms. The summed E-state index contributed by atoms with van der Waals surface area (Å²) in [6.45, 7) is 8.08. The maximum atomic E-state index is 12.0. The molecule has 3 rings (SSSR count). The molecule has 2 aliphatic rings. The van der Waals surface area contributed by atoms with Gasteiger partial charge in [0.15, 0.2) is 0 Å². The fourth-order valence-corrected chi connectivity index (χ4v) is 4.13. The highest BCUT2D eigenvalue weighted by Crippen LogP contribution is 2.26. The van der Waals surface area contributed by atoms with E-state index < -0.39 is 0 Å². The molecule has 0 unspecified atom stereocenters. The van der Waals surface area contributed by atoms with E-state index in [4.69, 9.17) is 0 Å². The minimum absolute atomic E-state index is 0.0670. The molecule has 5 nitrogen and oxygen atoms in total. The third-order valence-corrected chi connectivity index (χ3v) is 5.98. The maximum absolute atomic E-state index is 12.0. The standard InChI is InChI=1S/C23H29BrN4O/c1-16(13-20-17(2)25-10-7-21(20)24)15-28-11-8-18(9-12-28)19-5-6-22(26-14-19)23(29)27(3)4/h5-8,13-14,25H,9-12,15H2,1-4H3/b16-13+. The lowest BCUT2D eigenvalue weighted by Crippen LogP contribution is -2.30. The number of allylic oxidation sites excluding steroid dienone is 4. The number of amides is 1. The van der Waals surface area contributed by atoms with E-state index in [0.717, 1.165) is 42.6 Å². The first-order valence-corrected chi connectivity index (χ1v) is 10.7. The number of nitrogens with zero attached hydrogens (tertiary/aromatic N) is 3. The number of hydrogen-bond acceptors (Lipinski definition) is 4. The van der Waals surface area contributed by atoms with Crippen LogP contribution in [0.25, 0.3) is 5.57 Å². The van der Waals surface area contributed by atoms with Gasteiger partial charge >= 0.3 is 0 Å². The van der Waals surface area contributed by atoms with Crippen LogP contribution in [-0.4, -0.2) is 61.0 Å². The SMILES string of the molecule is CC1=C(/C=C(\C)CN2CC=C(c3ccc(C(=O)N(C)C)nc3)CC2)C(Br)=CCN1. The molecule has 2 aliphatic heterocycles. The van der Waals surface area contributed by atoms with Gasteiger partial charge in [0.05, 0.1) is 0 Å². The fourth-order valence-electron chi connectivity index (χ4n) is 3.56. The van der Waals surface area contributed by atoms with Crippen LogP contribution in [0.4, 0.5) is 0 Å². The fraction of sp³-hybridized carbons (Fsp3) is 0.391. The monoisotopic (exact) mass is 456 g/mol. The van der Waals surface area contributed by atoms with E-state index in [9.17, 15) is 4.79 Å². The molecule has 6 heteroatoms. The van der Waals surface area contributed by atoms with Gasteiger partial charge in [0.25, 0.3) is 5.91 Å². The van der Waals surface area contributed by atoms with Crippen molar-refractivity contribution in [3.63, 3.8) is 0 Å². The van der Waals surface area contributed by atoms with Crippen molar-refractivity contribution >= 4 is 27.4 Å². The highest BCUT2D eigenvalue weighted by molar-refractivity contribution is 9.12. The summed E-state index contributed by atoms with van der Waals surface area (Å²) >= 11 is 3.67. The van der Waals surface area contributed by atoms with E-state index >= 15 is 0 Å². The summed E-state index contributed by atoms with van der Waals surface area (Å²) in [5.74, 6) is -0.0670. The molecule has 29 heavy (non-hydrogen) atoms. The Morgan fingerprint density at radius 3 is 2.72 bits per heavy atom. The van der Waals surface area contributed by atoms with Gasteiger partial charge in [0, 0.05) is 62.2 Å². The van der Waals surface area contributed by atoms with Gasteiger partial charge in [-0.3, -0.25) is 14.7 Å². The lowest BCUT2D eigenvalue weighted by atomic mass is 10.00. The van der Waals surface area contributed by atoms with Gasteiger partial charge < -0.3 is 10.2 Å². The molecule has 0 saturated heterocycles. The first kappa shape index (κ1) is 21.5. The van der Waals surface area contributed by atoms with Crippen molar-refractivity contribution < 1.29 is 4.79 Å². The lowest BCUT2D eigenvalue weighted by molar-refractivity contribution is 0.0822. The predicted octanol–water partition coefficient (Wildman–Crippen LogP) is 3.97. The van der Waals surface area contributed by atoms with Crippen molar-refractivity contribution in [1.82, 2.24) is 20.1 Å². The summed E-state index contributed by atoms with van der Waals surface area (Å²) < 4.78 is 1.16. The van der Waals surface area contributed by atoms with Crippen molar-refractivity contribution in [2.45, 2.75) is 20.3 Å². The molecule has 154 valence electrons. The van der Waals surface area contributed by atoms with Gasteiger partial charge in [0.1, 0.15) is 5.69 Å². The van der Waals surface area contributed by atoms with Crippen LogP contribution in [0.15, 0.2) is 57.9 Å². The van der Waals surface area contributed by atoms with Crippen molar-refractivity contribution in [1.29, 1.82) is 0 Å². The molecule has 1 aromatic rings. The zero-order chi connectivity index (χ0) is 21.0. The molecule has 0 fully saturated rings. The predicted molar refractivity (Wildman–Crippen MR) is 123 cm³/mol. The Morgan fingerprint density at radius 2 is 2.14 bits per heavy atom. The highest BCUT2D eigenvalue weighted by Gasteiger charge is 2.16. The Bertz CT molecular complexity index is 894. The van der Waals surface area contributed by atoms with Crippen LogP contribution in [0.3, 0.4) is 0 Å². The van der Waals surface area contributed by atoms with Gasteiger partial charge in [-0.1, -0.05) is 45.8 Å². The third-order valence-electron chi connectivity index (χ3n) is 5.23. The smallest absolute Gasteiger partial charge is 0.271 e. The van der Waals surface area contributed by atoms with E-state index in [0.29, 0.717) is 5.69 Å². The van der Waals surface area contributed by atoms with Crippen molar-refractivity contribution in [3.8, 4) is 0 Å². The van der Waals surface area contributed by atoms with Crippen LogP contribution in [0.5, 0.6) is 0 Å². The zero-order valence-corrected chi connectivity index (χ0v) is 19.2. The molecule has 0 saturated carbocycles. The molecular weight excluding hydrogens is 428 g/mol. The van der Waals surface area contributed by atoms with Gasteiger partial charge in [-0.05, 0) is 37.5 Å². The Morgan fingerprint density at radius 1 is 1.34 bits per heavy atom. The first-order chi connectivity index (χ1) is 13.8. The summed E-state index contributed by atoms with van der Waals surface area (Å²) in [7, 11) is 3.48. The topological polar surface area (TPSA) is 48.5 Å². The summed E-state index contributed by atoms with van der Waals surface area (Å²) in [4.78, 5) is 20.3. The molecule has 3 heterocycles. The number of halogens is 1. The van der Waals surface area contributed by atoms with Crippen LogP contribution in [0.1, 0.15) is 36.3 Å². The van der Waals surface area contributed by atoms with Gasteiger partial charge in [-0.2, -0.15) is 0 Å². The summed E-state index contributed by atoms with van der Waals surface area (Å²) in [5, 5.41) is 3.39. The van der Waals surface area contributed by atoms with Crippen LogP contribution >= 0.6 is 15.9 Å². The second kappa shape index (κ2) is 9.55. The Hall–Kier alpha value is -2.18. The average Bonchev–Trinajstić information content (AvgIpc) is 2.71. The zero-order valence-electron chi connectivity index (χ0n) is 17.6. The number of rotatable bonds is 5. The van der Waals surface area contributed by atoms with Crippen molar-refractivity contribution in [2.75, 3.05) is 40.3 Å². The summed E-state index contributed by atoms with van der Waals surface area (Å²) in [5.41, 5.74) is 6.69. The van der Waals surface area contributed by atoms with Gasteiger partial charge in [0.2, 0.25) is 0 Å². The largest absolute Gasteiger partial charge is 0.385 e. The van der Waals surface area contributed by atoms with Crippen LogP contribution in [0, 0.1) is 0 Å². The molecule has 0 spiro atoms. The minimum Gasteiger partial charge on any atom is -0.385 e.